The van der Waals surface area contributed by atoms with Crippen molar-refractivity contribution in [3.05, 3.63) is 27.7 Å². The van der Waals surface area contributed by atoms with Crippen molar-refractivity contribution in [1.82, 2.24) is 5.32 Å². The highest BCUT2D eigenvalue weighted by Gasteiger charge is 2.10. The monoisotopic (exact) mass is 347 g/mol. The lowest BCUT2D eigenvalue weighted by molar-refractivity contribution is 0.206. The molecule has 19 heavy (non-hydrogen) atoms. The average Bonchev–Trinajstić information content (AvgIpc) is 2.28. The van der Waals surface area contributed by atoms with Gasteiger partial charge in [0.05, 0.1) is 11.1 Å². The van der Waals surface area contributed by atoms with Gasteiger partial charge in [0.2, 0.25) is 0 Å². The maximum Gasteiger partial charge on any atom is 0.139 e. The van der Waals surface area contributed by atoms with E-state index in [1.807, 2.05) is 18.2 Å². The largest absolute Gasteiger partial charge is 0.489 e. The lowest BCUT2D eigenvalue weighted by Crippen LogP contribution is -2.36. The first kappa shape index (κ1) is 16.8. The Bertz CT molecular complexity index is 404. The van der Waals surface area contributed by atoms with E-state index in [1.54, 1.807) is 0 Å². The molecular formula is C15H23BrClNO. The van der Waals surface area contributed by atoms with Crippen LogP contribution in [-0.2, 0) is 0 Å². The van der Waals surface area contributed by atoms with Crippen LogP contribution in [0.25, 0.3) is 0 Å². The van der Waals surface area contributed by atoms with Crippen LogP contribution in [0.15, 0.2) is 22.7 Å². The molecule has 0 bridgehead atoms. The number of benzene rings is 1. The lowest BCUT2D eigenvalue weighted by Gasteiger charge is -2.21. The molecule has 0 radical (unpaired) electrons. The smallest absolute Gasteiger partial charge is 0.139 e. The second-order valence-electron chi connectivity index (χ2n) is 5.82. The van der Waals surface area contributed by atoms with E-state index in [4.69, 9.17) is 16.3 Å². The third-order valence-electron chi connectivity index (χ3n) is 2.66. The zero-order chi connectivity index (χ0) is 14.5. The van der Waals surface area contributed by atoms with Crippen molar-refractivity contribution in [1.29, 1.82) is 0 Å². The van der Waals surface area contributed by atoms with Crippen LogP contribution in [-0.4, -0.2) is 18.2 Å². The Balaban J connectivity index is 2.35. The topological polar surface area (TPSA) is 21.3 Å². The number of ether oxygens (including phenoxy) is 1. The zero-order valence-electron chi connectivity index (χ0n) is 12.1. The maximum absolute atomic E-state index is 6.10. The van der Waals surface area contributed by atoms with Gasteiger partial charge in [-0.2, -0.15) is 0 Å². The molecule has 0 fully saturated rings. The Hall–Kier alpha value is -0.250. The molecular weight excluding hydrogens is 326 g/mol. The summed E-state index contributed by atoms with van der Waals surface area (Å²) in [6.45, 7) is 9.61. The molecule has 0 aliphatic rings. The molecule has 1 aromatic carbocycles. The fourth-order valence-electron chi connectivity index (χ4n) is 1.70. The molecule has 0 aromatic heterocycles. The van der Waals surface area contributed by atoms with Crippen molar-refractivity contribution < 1.29 is 4.74 Å². The molecule has 1 rings (SSSR count). The van der Waals surface area contributed by atoms with E-state index in [0.29, 0.717) is 5.02 Å². The first-order valence-corrected chi connectivity index (χ1v) is 7.82. The third-order valence-corrected chi connectivity index (χ3v) is 3.47. The Labute approximate surface area is 130 Å². The summed E-state index contributed by atoms with van der Waals surface area (Å²) < 4.78 is 6.85. The summed E-state index contributed by atoms with van der Waals surface area (Å²) in [4.78, 5) is 0. The second-order valence-corrected chi connectivity index (χ2v) is 7.15. The van der Waals surface area contributed by atoms with Crippen molar-refractivity contribution in [2.45, 2.75) is 52.2 Å². The standard InChI is InChI=1S/C15H23BrClNO/c1-11(6-5-9-18-15(2,3)4)19-14-10-12(16)7-8-13(14)17/h7-8,10-11,18H,5-6,9H2,1-4H3. The molecule has 0 amide bonds. The molecule has 0 aliphatic heterocycles. The molecule has 0 aliphatic carbocycles. The summed E-state index contributed by atoms with van der Waals surface area (Å²) in [6.07, 6.45) is 2.25. The van der Waals surface area contributed by atoms with Gasteiger partial charge in [0.1, 0.15) is 5.75 Å². The van der Waals surface area contributed by atoms with Crippen LogP contribution < -0.4 is 10.1 Å². The summed E-state index contributed by atoms with van der Waals surface area (Å²) >= 11 is 9.53. The predicted octanol–water partition coefficient (Wildman–Crippen LogP) is 5.04. The molecule has 0 saturated heterocycles. The van der Waals surface area contributed by atoms with E-state index in [9.17, 15) is 0 Å². The predicted molar refractivity (Wildman–Crippen MR) is 86.2 cm³/mol. The Morgan fingerprint density at radius 2 is 2.05 bits per heavy atom. The molecule has 0 saturated carbocycles. The highest BCUT2D eigenvalue weighted by molar-refractivity contribution is 9.10. The summed E-state index contributed by atoms with van der Waals surface area (Å²) in [7, 11) is 0. The first-order valence-electron chi connectivity index (χ1n) is 6.64. The van der Waals surface area contributed by atoms with Gasteiger partial charge >= 0.3 is 0 Å². The van der Waals surface area contributed by atoms with E-state index in [0.717, 1.165) is 29.6 Å². The fraction of sp³-hybridized carbons (Fsp3) is 0.600. The van der Waals surface area contributed by atoms with Gasteiger partial charge in [-0.25, -0.2) is 0 Å². The minimum absolute atomic E-state index is 0.161. The van der Waals surface area contributed by atoms with Crippen molar-refractivity contribution >= 4 is 27.5 Å². The van der Waals surface area contributed by atoms with Crippen LogP contribution >= 0.6 is 27.5 Å². The van der Waals surface area contributed by atoms with E-state index in [1.165, 1.54) is 0 Å². The van der Waals surface area contributed by atoms with Gasteiger partial charge in [-0.3, -0.25) is 0 Å². The van der Waals surface area contributed by atoms with Crippen LogP contribution in [0.3, 0.4) is 0 Å². The number of nitrogens with one attached hydrogen (secondary N) is 1. The molecule has 1 atom stereocenters. The molecule has 1 N–H and O–H groups in total. The molecule has 1 unspecified atom stereocenters. The van der Waals surface area contributed by atoms with Gasteiger partial charge in [-0.15, -0.1) is 0 Å². The number of hydrogen-bond donors (Lipinski definition) is 1. The number of halogens is 2. The summed E-state index contributed by atoms with van der Waals surface area (Å²) in [6, 6.07) is 5.66. The summed E-state index contributed by atoms with van der Waals surface area (Å²) in [5.74, 6) is 0.743. The lowest BCUT2D eigenvalue weighted by atomic mass is 10.1. The normalized spacial score (nSPS) is 13.4. The number of rotatable bonds is 6. The molecule has 4 heteroatoms. The van der Waals surface area contributed by atoms with Gasteiger partial charge in [0, 0.05) is 10.0 Å². The van der Waals surface area contributed by atoms with Crippen molar-refractivity contribution in [2.24, 2.45) is 0 Å². The van der Waals surface area contributed by atoms with Crippen molar-refractivity contribution in [2.75, 3.05) is 6.54 Å². The highest BCUT2D eigenvalue weighted by Crippen LogP contribution is 2.29. The molecule has 2 nitrogen and oxygen atoms in total. The first-order chi connectivity index (χ1) is 8.78. The fourth-order valence-corrected chi connectivity index (χ4v) is 2.20. The van der Waals surface area contributed by atoms with Crippen LogP contribution in [0.4, 0.5) is 0 Å². The van der Waals surface area contributed by atoms with E-state index < -0.39 is 0 Å². The van der Waals surface area contributed by atoms with Gasteiger partial charge in [0.25, 0.3) is 0 Å². The Kier molecular flexibility index (Phi) is 6.64. The van der Waals surface area contributed by atoms with Crippen LogP contribution in [0.5, 0.6) is 5.75 Å². The second kappa shape index (κ2) is 7.51. The minimum atomic E-state index is 0.161. The van der Waals surface area contributed by atoms with Crippen molar-refractivity contribution in [3.8, 4) is 5.75 Å². The quantitative estimate of drug-likeness (QED) is 0.727. The van der Waals surface area contributed by atoms with E-state index in [2.05, 4.69) is 48.9 Å². The van der Waals surface area contributed by atoms with Gasteiger partial charge in [0.15, 0.2) is 0 Å². The van der Waals surface area contributed by atoms with Gasteiger partial charge < -0.3 is 10.1 Å². The Morgan fingerprint density at radius 1 is 1.37 bits per heavy atom. The van der Waals surface area contributed by atoms with Crippen LogP contribution in [0, 0.1) is 0 Å². The van der Waals surface area contributed by atoms with E-state index >= 15 is 0 Å². The SMILES string of the molecule is CC(CCCNC(C)(C)C)Oc1cc(Br)ccc1Cl. The molecule has 0 spiro atoms. The zero-order valence-corrected chi connectivity index (χ0v) is 14.4. The highest BCUT2D eigenvalue weighted by atomic mass is 79.9. The van der Waals surface area contributed by atoms with Crippen LogP contribution in [0.2, 0.25) is 5.02 Å². The molecule has 1 aromatic rings. The minimum Gasteiger partial charge on any atom is -0.489 e. The van der Waals surface area contributed by atoms with Gasteiger partial charge in [-0.1, -0.05) is 27.5 Å². The average molecular weight is 349 g/mol. The number of hydrogen-bond acceptors (Lipinski definition) is 2. The van der Waals surface area contributed by atoms with Crippen LogP contribution in [0.1, 0.15) is 40.5 Å². The van der Waals surface area contributed by atoms with Crippen molar-refractivity contribution in [3.63, 3.8) is 0 Å². The third kappa shape index (κ3) is 7.19. The maximum atomic E-state index is 6.10. The summed E-state index contributed by atoms with van der Waals surface area (Å²) in [5.41, 5.74) is 0.178. The Morgan fingerprint density at radius 3 is 2.68 bits per heavy atom. The van der Waals surface area contributed by atoms with Gasteiger partial charge in [-0.05, 0) is 65.3 Å². The summed E-state index contributed by atoms with van der Waals surface area (Å²) in [5, 5.41) is 4.13. The molecule has 0 heterocycles. The van der Waals surface area contributed by atoms with E-state index in [-0.39, 0.29) is 11.6 Å². The molecule has 108 valence electrons.